The van der Waals surface area contributed by atoms with Gasteiger partial charge < -0.3 is 4.74 Å². The number of halogens is 1. The predicted molar refractivity (Wildman–Crippen MR) is 65.7 cm³/mol. The second-order valence-corrected chi connectivity index (χ2v) is 5.82. The molecule has 0 aliphatic rings. The molecule has 0 saturated carbocycles. The fourth-order valence-electron chi connectivity index (χ4n) is 1.20. The minimum atomic E-state index is -3.74. The molecule has 0 saturated heterocycles. The van der Waals surface area contributed by atoms with Crippen LogP contribution in [0.2, 0.25) is 5.15 Å². The Morgan fingerprint density at radius 2 is 2.22 bits per heavy atom. The third-order valence-electron chi connectivity index (χ3n) is 2.27. The molecule has 0 aliphatic heterocycles. The number of hydrogen-bond acceptors (Lipinski definition) is 5. The molecule has 0 N–H and O–H groups in total. The van der Waals surface area contributed by atoms with Crippen molar-refractivity contribution in [2.24, 2.45) is 0 Å². The van der Waals surface area contributed by atoms with Gasteiger partial charge in [0.2, 0.25) is 10.0 Å². The highest BCUT2D eigenvalue weighted by molar-refractivity contribution is 7.89. The lowest BCUT2D eigenvalue weighted by Gasteiger charge is -2.16. The molecule has 8 heteroatoms. The van der Waals surface area contributed by atoms with Gasteiger partial charge >= 0.3 is 5.97 Å². The van der Waals surface area contributed by atoms with Crippen LogP contribution in [0.1, 0.15) is 6.42 Å². The highest BCUT2D eigenvalue weighted by atomic mass is 35.5. The molecule has 1 heterocycles. The van der Waals surface area contributed by atoms with E-state index in [0.717, 1.165) is 4.31 Å². The number of carbonyl (C=O) groups is 1. The Balaban J connectivity index is 2.87. The van der Waals surface area contributed by atoms with E-state index in [1.54, 1.807) is 0 Å². The predicted octanol–water partition coefficient (Wildman–Crippen LogP) is 0.919. The topological polar surface area (TPSA) is 76.6 Å². The van der Waals surface area contributed by atoms with Crippen LogP contribution in [0.15, 0.2) is 23.2 Å². The Morgan fingerprint density at radius 1 is 1.56 bits per heavy atom. The first-order chi connectivity index (χ1) is 8.39. The number of pyridine rings is 1. The van der Waals surface area contributed by atoms with Crippen LogP contribution < -0.4 is 0 Å². The van der Waals surface area contributed by atoms with Crippen LogP contribution in [0.3, 0.4) is 0 Å². The summed E-state index contributed by atoms with van der Waals surface area (Å²) in [5.74, 6) is -0.477. The number of esters is 1. The number of ether oxygens (including phenoxy) is 1. The first-order valence-corrected chi connectivity index (χ1v) is 6.85. The van der Waals surface area contributed by atoms with Crippen LogP contribution in [-0.4, -0.2) is 44.4 Å². The highest BCUT2D eigenvalue weighted by Gasteiger charge is 2.24. The van der Waals surface area contributed by atoms with Gasteiger partial charge in [-0.05, 0) is 12.1 Å². The van der Waals surface area contributed by atoms with Crippen molar-refractivity contribution in [1.82, 2.24) is 9.29 Å². The molecule has 0 unspecified atom stereocenters. The van der Waals surface area contributed by atoms with E-state index in [0.29, 0.717) is 0 Å². The maximum absolute atomic E-state index is 12.1. The van der Waals surface area contributed by atoms with E-state index in [1.807, 2.05) is 0 Å². The highest BCUT2D eigenvalue weighted by Crippen LogP contribution is 2.21. The Morgan fingerprint density at radius 3 is 2.78 bits per heavy atom. The van der Waals surface area contributed by atoms with Crippen molar-refractivity contribution in [3.63, 3.8) is 0 Å². The zero-order chi connectivity index (χ0) is 13.8. The lowest BCUT2D eigenvalue weighted by molar-refractivity contribution is -0.140. The van der Waals surface area contributed by atoms with Crippen molar-refractivity contribution in [1.29, 1.82) is 0 Å². The number of hydrogen-bond donors (Lipinski definition) is 0. The number of aromatic nitrogens is 1. The molecule has 18 heavy (non-hydrogen) atoms. The zero-order valence-corrected chi connectivity index (χ0v) is 11.5. The van der Waals surface area contributed by atoms with Gasteiger partial charge in [0.1, 0.15) is 10.0 Å². The average Bonchev–Trinajstić information content (AvgIpc) is 2.35. The third-order valence-corrected chi connectivity index (χ3v) is 4.57. The molecule has 6 nitrogen and oxygen atoms in total. The number of sulfonamides is 1. The lowest BCUT2D eigenvalue weighted by atomic mass is 10.4. The van der Waals surface area contributed by atoms with E-state index in [1.165, 1.54) is 32.5 Å². The molecule has 0 bridgehead atoms. The zero-order valence-electron chi connectivity index (χ0n) is 9.96. The molecule has 1 rings (SSSR count). The summed E-state index contributed by atoms with van der Waals surface area (Å²) in [5, 5.41) is -0.0950. The summed E-state index contributed by atoms with van der Waals surface area (Å²) in [6.07, 6.45) is 1.37. The van der Waals surface area contributed by atoms with Crippen molar-refractivity contribution < 1.29 is 17.9 Å². The maximum atomic E-state index is 12.1. The minimum Gasteiger partial charge on any atom is -0.469 e. The van der Waals surface area contributed by atoms with Gasteiger partial charge in [-0.2, -0.15) is 0 Å². The summed E-state index contributed by atoms with van der Waals surface area (Å²) in [6.45, 7) is 0.0141. The first-order valence-electron chi connectivity index (χ1n) is 5.03. The Labute approximate surface area is 111 Å². The summed E-state index contributed by atoms with van der Waals surface area (Å²) in [6, 6.07) is 2.84. The van der Waals surface area contributed by atoms with Gasteiger partial charge in [-0.3, -0.25) is 4.79 Å². The molecule has 1 aromatic rings. The van der Waals surface area contributed by atoms with E-state index < -0.39 is 16.0 Å². The van der Waals surface area contributed by atoms with Gasteiger partial charge in [0, 0.05) is 19.8 Å². The van der Waals surface area contributed by atoms with Gasteiger partial charge in [-0.1, -0.05) is 11.6 Å². The molecule has 0 spiro atoms. The molecular formula is C10H13ClN2O4S. The second kappa shape index (κ2) is 6.12. The molecule has 1 aromatic heterocycles. The maximum Gasteiger partial charge on any atom is 0.306 e. The number of rotatable bonds is 5. The fourth-order valence-corrected chi connectivity index (χ4v) is 2.80. The number of methoxy groups -OCH3 is 1. The van der Waals surface area contributed by atoms with Crippen molar-refractivity contribution in [3.05, 3.63) is 23.5 Å². The van der Waals surface area contributed by atoms with Crippen molar-refractivity contribution in [2.45, 2.75) is 11.3 Å². The monoisotopic (exact) mass is 292 g/mol. The third kappa shape index (κ3) is 3.41. The Hall–Kier alpha value is -1.18. The minimum absolute atomic E-state index is 0.0141. The van der Waals surface area contributed by atoms with Crippen molar-refractivity contribution >= 4 is 27.6 Å². The first kappa shape index (κ1) is 14.9. The molecular weight excluding hydrogens is 280 g/mol. The van der Waals surface area contributed by atoms with Crippen LogP contribution in [0.25, 0.3) is 0 Å². The van der Waals surface area contributed by atoms with Crippen LogP contribution in [0.4, 0.5) is 0 Å². The van der Waals surface area contributed by atoms with Gasteiger partial charge in [0.25, 0.3) is 0 Å². The summed E-state index contributed by atoms with van der Waals surface area (Å²) in [7, 11) is -1.13. The van der Waals surface area contributed by atoms with E-state index in [-0.39, 0.29) is 23.0 Å². The molecule has 0 fully saturated rings. The van der Waals surface area contributed by atoms with Crippen LogP contribution >= 0.6 is 11.6 Å². The van der Waals surface area contributed by atoms with Gasteiger partial charge in [-0.15, -0.1) is 0 Å². The quantitative estimate of drug-likeness (QED) is 0.596. The summed E-state index contributed by atoms with van der Waals surface area (Å²) < 4.78 is 29.7. The lowest BCUT2D eigenvalue weighted by Crippen LogP contribution is -2.29. The Kier molecular flexibility index (Phi) is 5.06. The largest absolute Gasteiger partial charge is 0.469 e. The SMILES string of the molecule is COC(=O)CCN(C)S(=O)(=O)c1cccnc1Cl. The van der Waals surface area contributed by atoms with Crippen LogP contribution in [-0.2, 0) is 19.6 Å². The van der Waals surface area contributed by atoms with E-state index in [9.17, 15) is 13.2 Å². The smallest absolute Gasteiger partial charge is 0.306 e. The molecule has 0 radical (unpaired) electrons. The van der Waals surface area contributed by atoms with Gasteiger partial charge in [0.05, 0.1) is 13.5 Å². The number of nitrogens with zero attached hydrogens (tertiary/aromatic N) is 2. The normalized spacial score (nSPS) is 11.6. The van der Waals surface area contributed by atoms with Gasteiger partial charge in [0.15, 0.2) is 0 Å². The van der Waals surface area contributed by atoms with E-state index >= 15 is 0 Å². The van der Waals surface area contributed by atoms with Gasteiger partial charge in [-0.25, -0.2) is 17.7 Å². The summed E-state index contributed by atoms with van der Waals surface area (Å²) >= 11 is 5.73. The van der Waals surface area contributed by atoms with Crippen LogP contribution in [0, 0.1) is 0 Å². The van der Waals surface area contributed by atoms with E-state index in [4.69, 9.17) is 11.6 Å². The molecule has 100 valence electrons. The molecule has 0 aromatic carbocycles. The standard InChI is InChI=1S/C10H13ClN2O4S/c1-13(7-5-9(14)17-2)18(15,16)8-4-3-6-12-10(8)11/h3-4,6H,5,7H2,1-2H3. The van der Waals surface area contributed by atoms with E-state index in [2.05, 4.69) is 9.72 Å². The molecule has 0 amide bonds. The van der Waals surface area contributed by atoms with Crippen LogP contribution in [0.5, 0.6) is 0 Å². The van der Waals surface area contributed by atoms with Crippen molar-refractivity contribution in [2.75, 3.05) is 20.7 Å². The Bertz CT molecular complexity index is 532. The van der Waals surface area contributed by atoms with Crippen molar-refractivity contribution in [3.8, 4) is 0 Å². The fraction of sp³-hybridized carbons (Fsp3) is 0.400. The summed E-state index contributed by atoms with van der Waals surface area (Å²) in [4.78, 5) is 14.6. The molecule has 0 atom stereocenters. The molecule has 0 aliphatic carbocycles. The second-order valence-electron chi connectivity index (χ2n) is 3.45. The summed E-state index contributed by atoms with van der Waals surface area (Å²) in [5.41, 5.74) is 0. The number of carbonyl (C=O) groups excluding carboxylic acids is 1. The average molecular weight is 293 g/mol.